The van der Waals surface area contributed by atoms with E-state index in [0.29, 0.717) is 10.8 Å². The van der Waals surface area contributed by atoms with E-state index in [1.165, 1.54) is 0 Å². The van der Waals surface area contributed by atoms with Gasteiger partial charge >= 0.3 is 0 Å². The third kappa shape index (κ3) is 3.59. The number of aromatic nitrogens is 1. The zero-order valence-corrected chi connectivity index (χ0v) is 10.8. The lowest BCUT2D eigenvalue weighted by molar-refractivity contribution is 0.516. The molecule has 0 fully saturated rings. The highest BCUT2D eigenvalue weighted by Gasteiger charge is 2.17. The van der Waals surface area contributed by atoms with Gasteiger partial charge in [0.05, 0.1) is 11.2 Å². The van der Waals surface area contributed by atoms with Gasteiger partial charge < -0.3 is 5.32 Å². The van der Waals surface area contributed by atoms with Gasteiger partial charge in [0.25, 0.3) is 0 Å². The second kappa shape index (κ2) is 5.14. The Balaban J connectivity index is 2.39. The molecule has 1 atom stereocenters. The summed E-state index contributed by atoms with van der Waals surface area (Å²) in [5.41, 5.74) is 3.03. The van der Waals surface area contributed by atoms with E-state index in [-0.39, 0.29) is 0 Å². The predicted octanol–water partition coefficient (Wildman–Crippen LogP) is 2.94. The van der Waals surface area contributed by atoms with Crippen LogP contribution >= 0.6 is 23.1 Å². The molecule has 1 aromatic heterocycles. The fourth-order valence-electron chi connectivity index (χ4n) is 1.01. The van der Waals surface area contributed by atoms with Gasteiger partial charge in [0.15, 0.2) is 0 Å². The topological polar surface area (TPSA) is 24.9 Å². The number of thiazole rings is 1. The highest BCUT2D eigenvalue weighted by Crippen LogP contribution is 2.21. The first kappa shape index (κ1) is 12.0. The van der Waals surface area contributed by atoms with Crippen molar-refractivity contribution >= 4 is 23.1 Å². The van der Waals surface area contributed by atoms with Crippen LogP contribution in [0.4, 0.5) is 0 Å². The van der Waals surface area contributed by atoms with Gasteiger partial charge in [0.1, 0.15) is 0 Å². The molecule has 0 amide bonds. The number of nitrogens with one attached hydrogen (secondary N) is 1. The number of thioether (sulfide) groups is 1. The quantitative estimate of drug-likeness (QED) is 0.842. The summed E-state index contributed by atoms with van der Waals surface area (Å²) in [5, 5.41) is 5.60. The maximum absolute atomic E-state index is 4.29. The summed E-state index contributed by atoms with van der Waals surface area (Å²) in [7, 11) is 0. The first-order valence-electron chi connectivity index (χ1n) is 4.72. The van der Waals surface area contributed by atoms with Crippen LogP contribution in [-0.2, 0) is 0 Å². The molecule has 0 aliphatic rings. The van der Waals surface area contributed by atoms with E-state index in [0.717, 1.165) is 12.2 Å². The van der Waals surface area contributed by atoms with E-state index >= 15 is 0 Å². The van der Waals surface area contributed by atoms with Gasteiger partial charge in [0, 0.05) is 22.7 Å². The molecule has 0 spiro atoms. The lowest BCUT2D eigenvalue weighted by Crippen LogP contribution is -2.33. The van der Waals surface area contributed by atoms with Gasteiger partial charge in [-0.3, -0.25) is 0 Å². The average Bonchev–Trinajstić information content (AvgIpc) is 2.67. The first-order valence-corrected chi connectivity index (χ1v) is 6.88. The molecule has 0 radical (unpaired) electrons. The summed E-state index contributed by atoms with van der Waals surface area (Å²) in [6.45, 7) is 7.66. The number of hydrogen-bond acceptors (Lipinski definition) is 4. The molecule has 0 bridgehead atoms. The number of rotatable bonds is 5. The molecule has 0 saturated heterocycles. The standard InChI is InChI=1S/C10H18N2S2/c1-8(9-5-14-7-12-9)11-6-10(2,3)13-4/h5,7-8,11H,6H2,1-4H3. The lowest BCUT2D eigenvalue weighted by Gasteiger charge is -2.24. The van der Waals surface area contributed by atoms with Gasteiger partial charge in [-0.15, -0.1) is 11.3 Å². The van der Waals surface area contributed by atoms with Crippen LogP contribution in [0.25, 0.3) is 0 Å². The van der Waals surface area contributed by atoms with Crippen LogP contribution in [-0.4, -0.2) is 22.5 Å². The molecule has 1 unspecified atom stereocenters. The summed E-state index contributed by atoms with van der Waals surface area (Å²) < 4.78 is 0.296. The third-order valence-electron chi connectivity index (χ3n) is 2.28. The Morgan fingerprint density at radius 2 is 2.36 bits per heavy atom. The molecule has 0 aliphatic heterocycles. The Hall–Kier alpha value is -0.0600. The van der Waals surface area contributed by atoms with Gasteiger partial charge in [0.2, 0.25) is 0 Å². The highest BCUT2D eigenvalue weighted by atomic mass is 32.2. The zero-order valence-electron chi connectivity index (χ0n) is 9.20. The van der Waals surface area contributed by atoms with Crippen molar-refractivity contribution in [2.75, 3.05) is 12.8 Å². The van der Waals surface area contributed by atoms with E-state index in [2.05, 4.69) is 42.7 Å². The molecule has 1 rings (SSSR count). The molecule has 14 heavy (non-hydrogen) atoms. The Kier molecular flexibility index (Phi) is 4.41. The molecule has 2 nitrogen and oxygen atoms in total. The van der Waals surface area contributed by atoms with Crippen LogP contribution in [0.2, 0.25) is 0 Å². The average molecular weight is 230 g/mol. The van der Waals surface area contributed by atoms with Crippen molar-refractivity contribution in [2.24, 2.45) is 0 Å². The van der Waals surface area contributed by atoms with Crippen molar-refractivity contribution in [1.82, 2.24) is 10.3 Å². The van der Waals surface area contributed by atoms with Gasteiger partial charge in [-0.25, -0.2) is 4.98 Å². The zero-order chi connectivity index (χ0) is 10.6. The second-order valence-electron chi connectivity index (χ2n) is 3.98. The van der Waals surface area contributed by atoms with Gasteiger partial charge in [-0.05, 0) is 27.0 Å². The first-order chi connectivity index (χ1) is 6.55. The van der Waals surface area contributed by atoms with E-state index in [1.807, 2.05) is 17.3 Å². The van der Waals surface area contributed by atoms with Crippen LogP contribution in [0.1, 0.15) is 32.5 Å². The Labute approximate surface area is 94.5 Å². The maximum Gasteiger partial charge on any atom is 0.0795 e. The maximum atomic E-state index is 4.29. The minimum atomic E-state index is 0.296. The molecule has 1 N–H and O–H groups in total. The molecule has 0 saturated carbocycles. The molecule has 4 heteroatoms. The SMILES string of the molecule is CSC(C)(C)CNC(C)c1cscn1. The van der Waals surface area contributed by atoms with E-state index < -0.39 is 0 Å². The highest BCUT2D eigenvalue weighted by molar-refractivity contribution is 7.99. The minimum absolute atomic E-state index is 0.296. The molecule has 1 heterocycles. The fraction of sp³-hybridized carbons (Fsp3) is 0.700. The Bertz CT molecular complexity index is 257. The van der Waals surface area contributed by atoms with Crippen LogP contribution in [0.15, 0.2) is 10.9 Å². The number of nitrogens with zero attached hydrogens (tertiary/aromatic N) is 1. The van der Waals surface area contributed by atoms with E-state index in [1.54, 1.807) is 11.3 Å². The minimum Gasteiger partial charge on any atom is -0.307 e. The normalized spacial score (nSPS) is 14.3. The largest absolute Gasteiger partial charge is 0.307 e. The Morgan fingerprint density at radius 3 is 2.86 bits per heavy atom. The molecular weight excluding hydrogens is 212 g/mol. The molecular formula is C10H18N2S2. The smallest absolute Gasteiger partial charge is 0.0795 e. The van der Waals surface area contributed by atoms with Crippen molar-refractivity contribution in [3.63, 3.8) is 0 Å². The fourth-order valence-corrected chi connectivity index (χ4v) is 1.89. The monoisotopic (exact) mass is 230 g/mol. The van der Waals surface area contributed by atoms with Crippen molar-refractivity contribution < 1.29 is 0 Å². The van der Waals surface area contributed by atoms with Crippen molar-refractivity contribution in [3.8, 4) is 0 Å². The second-order valence-corrected chi connectivity index (χ2v) is 6.21. The number of hydrogen-bond donors (Lipinski definition) is 1. The van der Waals surface area contributed by atoms with Crippen LogP contribution < -0.4 is 5.32 Å². The molecule has 0 aromatic carbocycles. The predicted molar refractivity (Wildman–Crippen MR) is 66.1 cm³/mol. The summed E-state index contributed by atoms with van der Waals surface area (Å²) >= 11 is 3.54. The summed E-state index contributed by atoms with van der Waals surface area (Å²) in [5.74, 6) is 0. The van der Waals surface area contributed by atoms with Crippen LogP contribution in [0.5, 0.6) is 0 Å². The van der Waals surface area contributed by atoms with Crippen molar-refractivity contribution in [3.05, 3.63) is 16.6 Å². The van der Waals surface area contributed by atoms with Gasteiger partial charge in [-0.2, -0.15) is 11.8 Å². The van der Waals surface area contributed by atoms with Gasteiger partial charge in [-0.1, -0.05) is 0 Å². The molecule has 1 aromatic rings. The Morgan fingerprint density at radius 1 is 1.64 bits per heavy atom. The van der Waals surface area contributed by atoms with Crippen LogP contribution in [0, 0.1) is 0 Å². The van der Waals surface area contributed by atoms with Crippen molar-refractivity contribution in [2.45, 2.75) is 31.6 Å². The summed E-state index contributed by atoms with van der Waals surface area (Å²) in [6, 6.07) is 0.354. The van der Waals surface area contributed by atoms with E-state index in [9.17, 15) is 0 Å². The third-order valence-corrected chi connectivity index (χ3v) is 4.14. The lowest BCUT2D eigenvalue weighted by atomic mass is 10.2. The summed E-state index contributed by atoms with van der Waals surface area (Å²) in [6.07, 6.45) is 2.15. The molecule has 0 aliphatic carbocycles. The van der Waals surface area contributed by atoms with Crippen LogP contribution in [0.3, 0.4) is 0 Å². The van der Waals surface area contributed by atoms with Crippen molar-refractivity contribution in [1.29, 1.82) is 0 Å². The summed E-state index contributed by atoms with van der Waals surface area (Å²) in [4.78, 5) is 4.29. The van der Waals surface area contributed by atoms with E-state index in [4.69, 9.17) is 0 Å². The molecule has 80 valence electrons.